The average molecular weight is 1670 g/mol. The molecule has 6 aromatic rings. The molecule has 3 aromatic heterocycles. The molecule has 1 fully saturated rings. The number of imidazole rings is 1. The molecule has 650 valence electrons. The van der Waals surface area contributed by atoms with E-state index in [9.17, 15) is 87.2 Å². The van der Waals surface area contributed by atoms with E-state index in [1.165, 1.54) is 69.4 Å². The van der Waals surface area contributed by atoms with Crippen molar-refractivity contribution in [1.82, 2.24) is 94.0 Å². The number of phenolic OH excluding ortho intramolecular Hbond substituents is 1. The Hall–Kier alpha value is -12.8. The van der Waals surface area contributed by atoms with Crippen molar-refractivity contribution in [2.75, 3.05) is 19.6 Å². The number of hydrogen-bond acceptors (Lipinski definition) is 20. The van der Waals surface area contributed by atoms with E-state index in [0.29, 0.717) is 39.7 Å². The normalized spacial score (nSPS) is 15.9. The van der Waals surface area contributed by atoms with E-state index in [-0.39, 0.29) is 81.4 Å². The number of primary amides is 1. The zero-order valence-corrected chi connectivity index (χ0v) is 68.7. The number of aliphatic hydroxyl groups is 1. The number of carboxylic acid groups (broad SMARTS) is 1. The maximum absolute atomic E-state index is 15.1. The molecule has 1 saturated heterocycles. The van der Waals surface area contributed by atoms with E-state index in [0.717, 1.165) is 10.9 Å². The lowest BCUT2D eigenvalue weighted by atomic mass is 9.98. The number of fused-ring (bicyclic) bond motifs is 2. The topological polar surface area (TPSA) is 606 Å². The van der Waals surface area contributed by atoms with Crippen LogP contribution in [-0.4, -0.2) is 239 Å². The lowest BCUT2D eigenvalue weighted by Crippen LogP contribution is -2.62. The van der Waals surface area contributed by atoms with Gasteiger partial charge in [-0.1, -0.05) is 90.1 Å². The summed E-state index contributed by atoms with van der Waals surface area (Å²) in [6, 6.07) is 1.13. The van der Waals surface area contributed by atoms with Gasteiger partial charge in [0, 0.05) is 78.3 Å². The molecule has 39 nitrogen and oxygen atoms in total. The Balaban J connectivity index is 1.02. The molecule has 0 spiro atoms. The van der Waals surface area contributed by atoms with Gasteiger partial charge in [0.2, 0.25) is 88.6 Å². The van der Waals surface area contributed by atoms with Gasteiger partial charge < -0.3 is 116 Å². The van der Waals surface area contributed by atoms with Crippen LogP contribution < -0.4 is 80.6 Å². The van der Waals surface area contributed by atoms with Gasteiger partial charge >= 0.3 is 5.97 Å². The third kappa shape index (κ3) is 28.2. The summed E-state index contributed by atoms with van der Waals surface area (Å²) in [7, 11) is 0. The van der Waals surface area contributed by atoms with Crippen LogP contribution in [0.3, 0.4) is 0 Å². The van der Waals surface area contributed by atoms with Gasteiger partial charge in [0.1, 0.15) is 84.3 Å². The SMILES string of the molecule is CC(C)C[C@H](NC(=O)[C@H](CC(C)C)NC(=O)[C@H](Cc1ccc(O)cc1)NC(=O)[C@@H](Cc1c[nH]c2ccccc12)NC(=O)[C@H](C)NC(=O)[C@H](C)NC(=O)[C@H](CC(N)=O)NC(=O)[C@H](CC(C)C)NC(=O)[C@@H](NC(=O)[C@H](Cc1c[nH]c2ccccc12)NC(=O)CN)[C@@H](C)O)C(=O)NCC(=O)N1CCC[C@H]1C(=O)N[C@@H](Cc1cnc[nH]1)C(=O)N[C@@H](C)C(=O)O. The van der Waals surface area contributed by atoms with Crippen LogP contribution >= 0.6 is 0 Å². The Bertz CT molecular complexity index is 4620. The van der Waals surface area contributed by atoms with E-state index in [1.54, 1.807) is 96.4 Å². The van der Waals surface area contributed by atoms with Crippen molar-refractivity contribution in [3.05, 3.63) is 120 Å². The van der Waals surface area contributed by atoms with Gasteiger partial charge in [0.15, 0.2) is 0 Å². The maximum Gasteiger partial charge on any atom is 0.325 e. The summed E-state index contributed by atoms with van der Waals surface area (Å²) in [6.45, 7) is 14.5. The van der Waals surface area contributed by atoms with Gasteiger partial charge in [-0.2, -0.15) is 0 Å². The molecule has 0 aliphatic carbocycles. The number of likely N-dealkylation sites (tertiary alicyclic amines) is 1. The van der Waals surface area contributed by atoms with Gasteiger partial charge in [-0.3, -0.25) is 76.7 Å². The number of aromatic nitrogens is 4. The number of amides is 15. The Morgan fingerprint density at radius 2 is 0.917 bits per heavy atom. The minimum atomic E-state index is -1.79. The largest absolute Gasteiger partial charge is 0.508 e. The van der Waals surface area contributed by atoms with E-state index in [4.69, 9.17) is 11.5 Å². The van der Waals surface area contributed by atoms with Crippen molar-refractivity contribution in [1.29, 1.82) is 0 Å². The van der Waals surface area contributed by atoms with Crippen molar-refractivity contribution in [2.45, 2.75) is 218 Å². The van der Waals surface area contributed by atoms with Crippen LogP contribution in [0.5, 0.6) is 5.75 Å². The number of hydrogen-bond donors (Lipinski definition) is 21. The molecule has 0 saturated carbocycles. The van der Waals surface area contributed by atoms with E-state index >= 15 is 4.79 Å². The van der Waals surface area contributed by atoms with Crippen LogP contribution in [0.1, 0.15) is 130 Å². The highest BCUT2D eigenvalue weighted by molar-refractivity contribution is 6.01. The smallest absolute Gasteiger partial charge is 0.325 e. The molecule has 3 aromatic carbocycles. The van der Waals surface area contributed by atoms with Gasteiger partial charge in [0.25, 0.3) is 0 Å². The quantitative estimate of drug-likeness (QED) is 0.0192. The monoisotopic (exact) mass is 1670 g/mol. The van der Waals surface area contributed by atoms with Crippen molar-refractivity contribution in [2.24, 2.45) is 29.2 Å². The molecule has 23 N–H and O–H groups in total. The number of aromatic hydroxyl groups is 1. The number of nitrogens with one attached hydrogen (secondary N) is 16. The number of aromatic amines is 3. The lowest BCUT2D eigenvalue weighted by molar-refractivity contribution is -0.142. The van der Waals surface area contributed by atoms with Crippen LogP contribution in [0.15, 0.2) is 97.7 Å². The predicted molar refractivity (Wildman–Crippen MR) is 437 cm³/mol. The summed E-state index contributed by atoms with van der Waals surface area (Å²) < 4.78 is 0. The summed E-state index contributed by atoms with van der Waals surface area (Å²) in [5.41, 5.74) is 14.6. The van der Waals surface area contributed by atoms with Crippen molar-refractivity contribution < 1.29 is 92.0 Å². The predicted octanol–water partition coefficient (Wildman–Crippen LogP) is -2.23. The summed E-state index contributed by atoms with van der Waals surface area (Å²) >= 11 is 0. The molecular formula is C81H112N20O19. The molecule has 0 bridgehead atoms. The van der Waals surface area contributed by atoms with Crippen molar-refractivity contribution in [3.8, 4) is 5.75 Å². The molecule has 0 radical (unpaired) electrons. The molecule has 0 unspecified atom stereocenters. The highest BCUT2D eigenvalue weighted by Crippen LogP contribution is 2.24. The Morgan fingerprint density at radius 1 is 0.483 bits per heavy atom. The number of carboxylic acids is 1. The molecule has 7 rings (SSSR count). The second-order valence-corrected chi connectivity index (χ2v) is 31.3. The van der Waals surface area contributed by atoms with Gasteiger partial charge in [-0.05, 0) is 119 Å². The maximum atomic E-state index is 15.1. The van der Waals surface area contributed by atoms with Crippen LogP contribution in [0, 0.1) is 17.8 Å². The standard InChI is InChI=1S/C81H112N20O19/c1-40(2)26-56(71(109)87-38-67(106)101-25-15-20-64(101)79(117)98-62(32-50-37-84-39-88-50)72(110)91-45(9)81(119)120)94-74(112)57(27-41(3)4)95-76(114)59(29-47-21-23-51(103)24-22-47)96-77(115)61(31-49-36-86-55-19-14-12-17-53(49)55)93-70(108)44(8)89-69(107)43(7)90-73(111)63(33-65(83)104)97-75(113)58(28-42(5)6)99-80(118)68(46(10)102)100-78(116)60(92-66(105)34-82)30-48-35-85-54-18-13-11-16-52(48)54/h11-14,16-19,21-24,35-37,39-46,56-64,68,85-86,102-103H,15,20,25-34,38,82H2,1-10H3,(H2,83,104)(H,84,88)(H,87,109)(H,89,107)(H,90,111)(H,91,110)(H,92,105)(H,93,108)(H,94,112)(H,95,114)(H,96,115)(H,97,113)(H,98,117)(H,99,118)(H,100,116)(H,119,120)/t43-,44-,45-,46+,56-,57-,58-,59-,60-,61+,62-,63-,64-,68-/m0/s1. The minimum absolute atomic E-state index is 0.0159. The number of rotatable bonds is 45. The van der Waals surface area contributed by atoms with Crippen LogP contribution in [0.4, 0.5) is 0 Å². The first-order chi connectivity index (χ1) is 56.8. The zero-order chi connectivity index (χ0) is 88.4. The molecule has 1 aliphatic heterocycles. The minimum Gasteiger partial charge on any atom is -0.508 e. The van der Waals surface area contributed by atoms with E-state index in [2.05, 4.69) is 89.1 Å². The van der Waals surface area contributed by atoms with Crippen LogP contribution in [0.25, 0.3) is 21.8 Å². The van der Waals surface area contributed by atoms with Gasteiger partial charge in [-0.15, -0.1) is 0 Å². The second-order valence-electron chi connectivity index (χ2n) is 31.3. The number of H-pyrrole nitrogens is 3. The van der Waals surface area contributed by atoms with Gasteiger partial charge in [-0.25, -0.2) is 4.98 Å². The number of aliphatic hydroxyl groups excluding tert-OH is 1. The summed E-state index contributed by atoms with van der Waals surface area (Å²) in [4.78, 5) is 236. The van der Waals surface area contributed by atoms with E-state index in [1.807, 2.05) is 6.07 Å². The van der Waals surface area contributed by atoms with E-state index < -0.39 is 199 Å². The highest BCUT2D eigenvalue weighted by atomic mass is 16.4. The number of phenols is 1. The molecule has 1 aliphatic rings. The lowest BCUT2D eigenvalue weighted by Gasteiger charge is -2.29. The molecule has 4 heterocycles. The fraction of sp³-hybridized carbons (Fsp3) is 0.494. The first-order valence-electron chi connectivity index (χ1n) is 39.7. The average Bonchev–Trinajstić information content (AvgIpc) is 1.64. The zero-order valence-electron chi connectivity index (χ0n) is 68.7. The summed E-state index contributed by atoms with van der Waals surface area (Å²) in [5.74, 6) is -15.7. The van der Waals surface area contributed by atoms with Crippen LogP contribution in [0.2, 0.25) is 0 Å². The summed E-state index contributed by atoms with van der Waals surface area (Å²) in [6.07, 6.45) is 3.43. The molecule has 120 heavy (non-hydrogen) atoms. The van der Waals surface area contributed by atoms with Gasteiger partial charge in [0.05, 0.1) is 31.9 Å². The summed E-state index contributed by atoms with van der Waals surface area (Å²) in [5, 5.41) is 65.3. The third-order valence-electron chi connectivity index (χ3n) is 19.9. The number of aliphatic carboxylic acids is 1. The third-order valence-corrected chi connectivity index (χ3v) is 19.9. The second kappa shape index (κ2) is 44.7. The number of carbonyl (C=O) groups excluding carboxylic acids is 15. The highest BCUT2D eigenvalue weighted by Gasteiger charge is 2.40. The number of nitrogens with zero attached hydrogens (tertiary/aromatic N) is 2. The molecule has 15 amide bonds. The number of carbonyl (C=O) groups is 16. The van der Waals surface area contributed by atoms with Crippen LogP contribution in [-0.2, 0) is 102 Å². The number of benzene rings is 3. The molecular weight excluding hydrogens is 1560 g/mol. The fourth-order valence-corrected chi connectivity index (χ4v) is 13.6. The fourth-order valence-electron chi connectivity index (χ4n) is 13.6. The van der Waals surface area contributed by atoms with Crippen molar-refractivity contribution in [3.63, 3.8) is 0 Å². The Kier molecular flexibility index (Phi) is 35.1. The Labute approximate surface area is 692 Å². The number of nitrogens with two attached hydrogens (primary N) is 2. The Morgan fingerprint density at radius 3 is 1.43 bits per heavy atom. The van der Waals surface area contributed by atoms with Crippen molar-refractivity contribution >= 4 is 116 Å². The molecule has 14 atom stereocenters. The first-order valence-corrected chi connectivity index (χ1v) is 39.7. The number of para-hydroxylation sites is 2. The first kappa shape index (κ1) is 94.3. The molecule has 39 heteroatoms.